The summed E-state index contributed by atoms with van der Waals surface area (Å²) in [5, 5.41) is 28.7. The van der Waals surface area contributed by atoms with Crippen LogP contribution in [0, 0.1) is 0 Å². The van der Waals surface area contributed by atoms with E-state index in [-0.39, 0.29) is 17.2 Å². The van der Waals surface area contributed by atoms with Crippen LogP contribution in [0.3, 0.4) is 0 Å². The normalized spacial score (nSPS) is 12.1. The van der Waals surface area contributed by atoms with E-state index in [9.17, 15) is 15.3 Å². The zero-order chi connectivity index (χ0) is 14.7. The molecule has 0 fully saturated rings. The summed E-state index contributed by atoms with van der Waals surface area (Å²) in [6, 6.07) is 11.6. The van der Waals surface area contributed by atoms with Crippen molar-refractivity contribution >= 4 is 11.1 Å². The van der Waals surface area contributed by atoms with Gasteiger partial charge in [0.15, 0.2) is 0 Å². The Labute approximate surface area is 118 Å². The maximum Gasteiger partial charge on any atom is 0.126 e. The van der Waals surface area contributed by atoms with E-state index in [4.69, 9.17) is 0 Å². The number of aromatic hydroxyl groups is 3. The molecule has 0 heterocycles. The third kappa shape index (κ3) is 2.77. The van der Waals surface area contributed by atoms with E-state index in [1.807, 2.05) is 26.0 Å². The van der Waals surface area contributed by atoms with Gasteiger partial charge in [0.2, 0.25) is 0 Å². The lowest BCUT2D eigenvalue weighted by atomic mass is 9.93. The number of phenols is 3. The average molecular weight is 270 g/mol. The number of rotatable bonds is 3. The average Bonchev–Trinajstić information content (AvgIpc) is 2.41. The summed E-state index contributed by atoms with van der Waals surface area (Å²) < 4.78 is 0. The van der Waals surface area contributed by atoms with Gasteiger partial charge in [0.25, 0.3) is 0 Å². The third-order valence-electron chi connectivity index (χ3n) is 3.41. The molecule has 0 saturated heterocycles. The highest BCUT2D eigenvalue weighted by molar-refractivity contribution is 5.91. The van der Waals surface area contributed by atoms with E-state index in [1.54, 1.807) is 24.3 Å². The van der Waals surface area contributed by atoms with E-state index in [0.29, 0.717) is 5.56 Å². The van der Waals surface area contributed by atoms with Crippen LogP contribution >= 0.6 is 0 Å². The van der Waals surface area contributed by atoms with E-state index in [1.165, 1.54) is 6.07 Å². The van der Waals surface area contributed by atoms with Gasteiger partial charge in [-0.2, -0.15) is 0 Å². The van der Waals surface area contributed by atoms with Gasteiger partial charge < -0.3 is 15.3 Å². The molecular formula is C17H18O3. The van der Waals surface area contributed by atoms with Crippen LogP contribution in [0.4, 0.5) is 0 Å². The molecule has 104 valence electrons. The summed E-state index contributed by atoms with van der Waals surface area (Å²) in [5.41, 5.74) is 3.75. The molecule has 2 aromatic carbocycles. The smallest absolute Gasteiger partial charge is 0.126 e. The van der Waals surface area contributed by atoms with Crippen LogP contribution in [0.25, 0.3) is 11.1 Å². The first-order chi connectivity index (χ1) is 9.52. The van der Waals surface area contributed by atoms with Crippen LogP contribution in [0.1, 0.15) is 31.4 Å². The highest BCUT2D eigenvalue weighted by atomic mass is 16.3. The van der Waals surface area contributed by atoms with Crippen molar-refractivity contribution in [1.82, 2.24) is 0 Å². The first kappa shape index (κ1) is 14.0. The lowest BCUT2D eigenvalue weighted by Crippen LogP contribution is -1.89. The van der Waals surface area contributed by atoms with Gasteiger partial charge in [-0.3, -0.25) is 0 Å². The first-order valence-corrected chi connectivity index (χ1v) is 6.54. The summed E-state index contributed by atoms with van der Waals surface area (Å²) in [7, 11) is 0. The molecule has 2 rings (SSSR count). The quantitative estimate of drug-likeness (QED) is 0.734. The molecular weight excluding hydrogens is 252 g/mol. The molecule has 0 aliphatic heterocycles. The van der Waals surface area contributed by atoms with Gasteiger partial charge in [-0.15, -0.1) is 0 Å². The summed E-state index contributed by atoms with van der Waals surface area (Å²) in [4.78, 5) is 0. The fourth-order valence-corrected chi connectivity index (χ4v) is 2.35. The Morgan fingerprint density at radius 3 is 2.05 bits per heavy atom. The first-order valence-electron chi connectivity index (χ1n) is 6.54. The number of phenolic OH excluding ortho intramolecular Hbond substituents is 3. The van der Waals surface area contributed by atoms with Crippen LogP contribution < -0.4 is 0 Å². The summed E-state index contributed by atoms with van der Waals surface area (Å²) >= 11 is 0. The van der Waals surface area contributed by atoms with Crippen molar-refractivity contribution in [3.05, 3.63) is 53.6 Å². The van der Waals surface area contributed by atoms with E-state index < -0.39 is 0 Å². The Kier molecular flexibility index (Phi) is 3.99. The fraction of sp³-hybridized carbons (Fsp3) is 0.176. The van der Waals surface area contributed by atoms with Crippen LogP contribution in [0.5, 0.6) is 17.2 Å². The second kappa shape index (κ2) is 5.70. The molecule has 0 saturated carbocycles. The minimum absolute atomic E-state index is 0.0433. The Morgan fingerprint density at radius 2 is 1.50 bits per heavy atom. The third-order valence-corrected chi connectivity index (χ3v) is 3.41. The Balaban J connectivity index is 2.54. The molecule has 0 aliphatic rings. The zero-order valence-corrected chi connectivity index (χ0v) is 11.6. The van der Waals surface area contributed by atoms with Crippen LogP contribution in [0.15, 0.2) is 42.5 Å². The molecule has 0 unspecified atom stereocenters. The number of hydrogen-bond acceptors (Lipinski definition) is 3. The van der Waals surface area contributed by atoms with Crippen LogP contribution in [-0.4, -0.2) is 15.3 Å². The molecule has 2 aromatic rings. The summed E-state index contributed by atoms with van der Waals surface area (Å²) in [6.45, 7) is 3.99. The van der Waals surface area contributed by atoms with E-state index >= 15 is 0 Å². The van der Waals surface area contributed by atoms with Gasteiger partial charge in [0.1, 0.15) is 17.2 Å². The van der Waals surface area contributed by atoms with E-state index in [0.717, 1.165) is 23.1 Å². The minimum atomic E-state index is 0.0433. The highest BCUT2D eigenvalue weighted by Gasteiger charge is 2.10. The molecule has 3 nitrogen and oxygen atoms in total. The Morgan fingerprint density at radius 1 is 0.900 bits per heavy atom. The molecule has 20 heavy (non-hydrogen) atoms. The highest BCUT2D eigenvalue weighted by Crippen LogP contribution is 2.35. The van der Waals surface area contributed by atoms with Crippen molar-refractivity contribution in [2.24, 2.45) is 0 Å². The van der Waals surface area contributed by atoms with Crippen molar-refractivity contribution in [3.63, 3.8) is 0 Å². The molecule has 0 spiro atoms. The number of benzene rings is 2. The van der Waals surface area contributed by atoms with Gasteiger partial charge in [-0.05, 0) is 54.3 Å². The van der Waals surface area contributed by atoms with Crippen molar-refractivity contribution in [1.29, 1.82) is 0 Å². The predicted molar refractivity (Wildman–Crippen MR) is 80.7 cm³/mol. The molecule has 0 aliphatic carbocycles. The Hall–Kier alpha value is -2.42. The molecule has 0 amide bonds. The van der Waals surface area contributed by atoms with Gasteiger partial charge in [0, 0.05) is 11.6 Å². The predicted octanol–water partition coefficient (Wildman–Crippen LogP) is 4.14. The van der Waals surface area contributed by atoms with Crippen LogP contribution in [-0.2, 0) is 0 Å². The maximum absolute atomic E-state index is 9.96. The van der Waals surface area contributed by atoms with Gasteiger partial charge in [-0.1, -0.05) is 19.1 Å². The minimum Gasteiger partial charge on any atom is -0.508 e. The maximum atomic E-state index is 9.96. The largest absolute Gasteiger partial charge is 0.508 e. The second-order valence-electron chi connectivity index (χ2n) is 4.71. The molecule has 3 heteroatoms. The van der Waals surface area contributed by atoms with Crippen LogP contribution in [0.2, 0.25) is 0 Å². The molecule has 0 atom stereocenters. The standard InChI is InChI=1S/C17H18O3/c1-3-15(12-4-6-13(18)7-5-12)11(2)16-9-8-14(19)10-17(16)20/h4-10,18-20H,3H2,1-2H3/b15-11+. The summed E-state index contributed by atoms with van der Waals surface area (Å²) in [6.07, 6.45) is 0.803. The zero-order valence-electron chi connectivity index (χ0n) is 11.6. The lowest BCUT2D eigenvalue weighted by Gasteiger charge is -2.13. The second-order valence-corrected chi connectivity index (χ2v) is 4.71. The van der Waals surface area contributed by atoms with Crippen molar-refractivity contribution in [2.45, 2.75) is 20.3 Å². The number of hydrogen-bond donors (Lipinski definition) is 3. The SMILES string of the molecule is CC/C(=C(/C)c1ccc(O)cc1O)c1ccc(O)cc1. The summed E-state index contributed by atoms with van der Waals surface area (Å²) in [5.74, 6) is 0.336. The van der Waals surface area contributed by atoms with Crippen molar-refractivity contribution in [2.75, 3.05) is 0 Å². The number of allylic oxidation sites excluding steroid dienone is 2. The van der Waals surface area contributed by atoms with Gasteiger partial charge in [0.05, 0.1) is 0 Å². The molecule has 0 aromatic heterocycles. The van der Waals surface area contributed by atoms with Gasteiger partial charge in [-0.25, -0.2) is 0 Å². The topological polar surface area (TPSA) is 60.7 Å². The fourth-order valence-electron chi connectivity index (χ4n) is 2.35. The Bertz CT molecular complexity index is 640. The van der Waals surface area contributed by atoms with Crippen molar-refractivity contribution < 1.29 is 15.3 Å². The van der Waals surface area contributed by atoms with Crippen molar-refractivity contribution in [3.8, 4) is 17.2 Å². The van der Waals surface area contributed by atoms with Gasteiger partial charge >= 0.3 is 0 Å². The molecule has 3 N–H and O–H groups in total. The monoisotopic (exact) mass is 270 g/mol. The molecule has 0 bridgehead atoms. The lowest BCUT2D eigenvalue weighted by molar-refractivity contribution is 0.449. The molecule has 0 radical (unpaired) electrons. The van der Waals surface area contributed by atoms with E-state index in [2.05, 4.69) is 0 Å².